The van der Waals surface area contributed by atoms with Crippen LogP contribution in [0.1, 0.15) is 10.4 Å². The first-order valence-corrected chi connectivity index (χ1v) is 4.54. The zero-order valence-electron chi connectivity index (χ0n) is 7.55. The van der Waals surface area contributed by atoms with Gasteiger partial charge in [-0.05, 0) is 6.26 Å². The van der Waals surface area contributed by atoms with E-state index in [2.05, 4.69) is 26.0 Å². The van der Waals surface area contributed by atoms with Gasteiger partial charge in [0.1, 0.15) is 0 Å². The van der Waals surface area contributed by atoms with Gasteiger partial charge in [0, 0.05) is 32.7 Å². The van der Waals surface area contributed by atoms with E-state index in [0.717, 1.165) is 10.6 Å². The third-order valence-electron chi connectivity index (χ3n) is 1.76. The van der Waals surface area contributed by atoms with E-state index >= 15 is 0 Å². The van der Waals surface area contributed by atoms with Gasteiger partial charge in [0.2, 0.25) is 0 Å². The molecule has 2 aromatic heterocycles. The number of rotatable bonds is 1. The summed E-state index contributed by atoms with van der Waals surface area (Å²) >= 11 is 1.69. The molecule has 0 saturated carbocycles. The zero-order valence-corrected chi connectivity index (χ0v) is 11.2. The number of hydrogen-bond donors (Lipinski definition) is 0. The van der Waals surface area contributed by atoms with Crippen LogP contribution in [0, 0.1) is 26.0 Å². The summed E-state index contributed by atoms with van der Waals surface area (Å²) in [6.07, 6.45) is 1.63. The molecule has 2 heterocycles. The summed E-state index contributed by atoms with van der Waals surface area (Å²) in [6.45, 7) is 4.14. The molecule has 0 unspecified atom stereocenters. The monoisotopic (exact) mass is 265 g/mol. The minimum Gasteiger partial charge on any atom is -0.603 e. The molecule has 1 radical (unpaired) electrons. The second-order valence-electron chi connectivity index (χ2n) is 2.63. The van der Waals surface area contributed by atoms with Gasteiger partial charge in [0.25, 0.3) is 0 Å². The van der Waals surface area contributed by atoms with Crippen molar-refractivity contribution in [2.75, 3.05) is 0 Å². The summed E-state index contributed by atoms with van der Waals surface area (Å²) in [4.78, 5) is 2.32. The molecule has 65 valence electrons. The van der Waals surface area contributed by atoms with Crippen molar-refractivity contribution in [2.24, 2.45) is 0 Å². The zero-order chi connectivity index (χ0) is 8.55. The van der Waals surface area contributed by atoms with Crippen LogP contribution in [0.5, 0.6) is 0 Å². The Kier molecular flexibility index (Phi) is 3.90. The van der Waals surface area contributed by atoms with Gasteiger partial charge in [0.15, 0.2) is 0 Å². The number of furan rings is 1. The Bertz CT molecular complexity index is 356. The molecule has 0 spiro atoms. The van der Waals surface area contributed by atoms with E-state index in [4.69, 9.17) is 4.42 Å². The van der Waals surface area contributed by atoms with Crippen LogP contribution in [-0.2, 0) is 32.7 Å². The van der Waals surface area contributed by atoms with Gasteiger partial charge < -0.3 is 4.42 Å². The number of aryl methyl sites for hydroxylation is 2. The Hall–Kier alpha value is 0.0839. The van der Waals surface area contributed by atoms with Crippen molar-refractivity contribution in [1.82, 2.24) is 0 Å². The van der Waals surface area contributed by atoms with Crippen molar-refractivity contribution in [3.63, 3.8) is 0 Å². The molecule has 0 aliphatic rings. The fraction of sp³-hybridized carbons (Fsp3) is 0.200. The fourth-order valence-corrected chi connectivity index (χ4v) is 1.90. The van der Waals surface area contributed by atoms with Crippen LogP contribution in [0.3, 0.4) is 0 Å². The summed E-state index contributed by atoms with van der Waals surface area (Å²) < 4.78 is 5.21. The van der Waals surface area contributed by atoms with E-state index in [1.807, 2.05) is 0 Å². The van der Waals surface area contributed by atoms with Crippen molar-refractivity contribution < 1.29 is 37.1 Å². The summed E-state index contributed by atoms with van der Waals surface area (Å²) in [6, 6.07) is 8.02. The smallest absolute Gasteiger partial charge is 0 e. The molecule has 0 aliphatic heterocycles. The Morgan fingerprint density at radius 1 is 1.38 bits per heavy atom. The predicted molar refractivity (Wildman–Crippen MR) is 49.2 cm³/mol. The minimum atomic E-state index is 0. The van der Waals surface area contributed by atoms with E-state index in [1.54, 1.807) is 23.7 Å². The van der Waals surface area contributed by atoms with Crippen LogP contribution < -0.4 is 0 Å². The van der Waals surface area contributed by atoms with Gasteiger partial charge >= 0.3 is 0 Å². The van der Waals surface area contributed by atoms with Gasteiger partial charge in [-0.2, -0.15) is 16.5 Å². The molecule has 3 heteroatoms. The van der Waals surface area contributed by atoms with E-state index < -0.39 is 0 Å². The molecular weight excluding hydrogens is 257 g/mol. The standard InChI is InChI=1S/C10H8OS.Y/c1-7-6-10(12-8(7)2)9-4-3-5-11-9;/h3,5H,1-2H3;/q-2;. The third-order valence-corrected chi connectivity index (χ3v) is 2.86. The topological polar surface area (TPSA) is 13.1 Å². The van der Waals surface area contributed by atoms with Crippen LogP contribution in [0.4, 0.5) is 0 Å². The molecule has 0 aliphatic carbocycles. The van der Waals surface area contributed by atoms with Crippen LogP contribution in [-0.4, -0.2) is 0 Å². The molecule has 0 fully saturated rings. The summed E-state index contributed by atoms with van der Waals surface area (Å²) in [7, 11) is 0. The molecule has 0 atom stereocenters. The summed E-state index contributed by atoms with van der Waals surface area (Å²) in [5, 5.41) is 0. The van der Waals surface area contributed by atoms with Gasteiger partial charge in [-0.1, -0.05) is 19.6 Å². The Balaban J connectivity index is 0.000000845. The van der Waals surface area contributed by atoms with Gasteiger partial charge in [-0.25, -0.2) is 12.1 Å². The molecular formula is C10H8OSY-2. The second kappa shape index (κ2) is 4.54. The largest absolute Gasteiger partial charge is 0.603 e. The maximum absolute atomic E-state index is 5.21. The van der Waals surface area contributed by atoms with Crippen LogP contribution in [0.25, 0.3) is 10.6 Å². The molecule has 0 bridgehead atoms. The molecule has 0 amide bonds. The fourth-order valence-electron chi connectivity index (χ4n) is 0.981. The van der Waals surface area contributed by atoms with Crippen LogP contribution >= 0.6 is 11.3 Å². The van der Waals surface area contributed by atoms with E-state index in [1.165, 1.54) is 10.4 Å². The third kappa shape index (κ3) is 2.31. The Morgan fingerprint density at radius 3 is 2.62 bits per heavy atom. The molecule has 1 nitrogen and oxygen atoms in total. The molecule has 0 aromatic carbocycles. The van der Waals surface area contributed by atoms with Gasteiger partial charge in [-0.15, -0.1) is 4.88 Å². The number of thiophene rings is 1. The van der Waals surface area contributed by atoms with Crippen molar-refractivity contribution in [3.05, 3.63) is 34.9 Å². The SMILES string of the molecule is Cc1[c-]c(-c2[c-]cco2)sc1C.[Y]. The average molecular weight is 265 g/mol. The van der Waals surface area contributed by atoms with Gasteiger partial charge in [-0.3, -0.25) is 11.3 Å². The Labute approximate surface area is 107 Å². The van der Waals surface area contributed by atoms with E-state index in [-0.39, 0.29) is 32.7 Å². The molecule has 13 heavy (non-hydrogen) atoms. The van der Waals surface area contributed by atoms with Crippen molar-refractivity contribution in [2.45, 2.75) is 13.8 Å². The minimum absolute atomic E-state index is 0. The average Bonchev–Trinajstić information content (AvgIpc) is 2.61. The van der Waals surface area contributed by atoms with E-state index in [9.17, 15) is 0 Å². The van der Waals surface area contributed by atoms with Crippen molar-refractivity contribution >= 4 is 11.3 Å². The molecule has 2 aromatic rings. The molecule has 0 N–H and O–H groups in total. The quantitative estimate of drug-likeness (QED) is 0.721. The maximum atomic E-state index is 5.21. The van der Waals surface area contributed by atoms with Crippen LogP contribution in [0.2, 0.25) is 0 Å². The van der Waals surface area contributed by atoms with Crippen molar-refractivity contribution in [3.8, 4) is 10.6 Å². The van der Waals surface area contributed by atoms with Crippen LogP contribution in [0.15, 0.2) is 16.7 Å². The maximum Gasteiger partial charge on any atom is 0 e. The predicted octanol–water partition coefficient (Wildman–Crippen LogP) is 3.22. The first kappa shape index (κ1) is 11.2. The van der Waals surface area contributed by atoms with E-state index in [0.29, 0.717) is 0 Å². The first-order chi connectivity index (χ1) is 5.77. The molecule has 0 saturated heterocycles. The number of hydrogen-bond acceptors (Lipinski definition) is 2. The normalized spacial score (nSPS) is 9.69. The first-order valence-electron chi connectivity index (χ1n) is 3.72. The summed E-state index contributed by atoms with van der Waals surface area (Å²) in [5.74, 6) is 0.788. The van der Waals surface area contributed by atoms with Gasteiger partial charge in [0.05, 0.1) is 0 Å². The molecule has 2 rings (SSSR count). The Morgan fingerprint density at radius 2 is 2.15 bits per heavy atom. The summed E-state index contributed by atoms with van der Waals surface area (Å²) in [5.41, 5.74) is 1.19. The van der Waals surface area contributed by atoms with Crippen molar-refractivity contribution in [1.29, 1.82) is 0 Å². The second-order valence-corrected chi connectivity index (χ2v) is 3.86.